The van der Waals surface area contributed by atoms with Crippen molar-refractivity contribution in [3.8, 4) is 0 Å². The van der Waals surface area contributed by atoms with E-state index in [-0.39, 0.29) is 17.6 Å². The molecule has 0 aromatic heterocycles. The normalized spacial score (nSPS) is 14.0. The summed E-state index contributed by atoms with van der Waals surface area (Å²) in [5.74, 6) is -0.823. The maximum atomic E-state index is 12.2. The first-order valence-electron chi connectivity index (χ1n) is 7.72. The largest absolute Gasteiger partial charge is 0.478 e. The Kier molecular flexibility index (Phi) is 5.55. The summed E-state index contributed by atoms with van der Waals surface area (Å²) in [6.45, 7) is 5.74. The number of ether oxygens (including phenoxy) is 1. The average molecular weight is 305 g/mol. The third-order valence-corrected chi connectivity index (χ3v) is 3.80. The van der Waals surface area contributed by atoms with Crippen LogP contribution < -0.4 is 0 Å². The number of carbonyl (C=O) groups is 2. The summed E-state index contributed by atoms with van der Waals surface area (Å²) in [5.41, 5.74) is 2.36. The number of benzene rings is 1. The predicted molar refractivity (Wildman–Crippen MR) is 82.8 cm³/mol. The number of carbonyl (C=O) groups excluding carboxylic acids is 1. The van der Waals surface area contributed by atoms with E-state index in [1.807, 2.05) is 24.8 Å². The van der Waals surface area contributed by atoms with Gasteiger partial charge in [-0.05, 0) is 49.9 Å². The van der Waals surface area contributed by atoms with Gasteiger partial charge in [0.2, 0.25) is 5.91 Å². The maximum Gasteiger partial charge on any atom is 0.335 e. The molecule has 2 rings (SSSR count). The lowest BCUT2D eigenvalue weighted by Gasteiger charge is -2.29. The van der Waals surface area contributed by atoms with Gasteiger partial charge in [-0.2, -0.15) is 0 Å². The van der Waals surface area contributed by atoms with Crippen molar-refractivity contribution in [1.82, 2.24) is 4.90 Å². The lowest BCUT2D eigenvalue weighted by molar-refractivity contribution is -0.132. The van der Waals surface area contributed by atoms with E-state index in [1.165, 1.54) is 0 Å². The zero-order valence-corrected chi connectivity index (χ0v) is 13.2. The van der Waals surface area contributed by atoms with Crippen LogP contribution in [0.15, 0.2) is 18.2 Å². The molecule has 0 spiro atoms. The van der Waals surface area contributed by atoms with E-state index in [9.17, 15) is 9.59 Å². The first-order chi connectivity index (χ1) is 10.5. The molecule has 0 aliphatic carbocycles. The summed E-state index contributed by atoms with van der Waals surface area (Å²) in [5, 5.41) is 9.06. The monoisotopic (exact) mass is 305 g/mol. The first kappa shape index (κ1) is 16.5. The van der Waals surface area contributed by atoms with Gasteiger partial charge in [0.15, 0.2) is 0 Å². The summed E-state index contributed by atoms with van der Waals surface area (Å²) in [6, 6.07) is 5.16. The standard InChI is InChI=1S/C17H23NO4/c1-12(2)22-9-3-4-16(19)18-8-7-13-5-6-14(17(20)21)10-15(13)11-18/h5-6,10,12H,3-4,7-9,11H2,1-2H3,(H,20,21). The molecule has 1 aliphatic heterocycles. The Morgan fingerprint density at radius 3 is 2.77 bits per heavy atom. The van der Waals surface area contributed by atoms with Crippen molar-refractivity contribution in [2.75, 3.05) is 13.2 Å². The van der Waals surface area contributed by atoms with Crippen LogP contribution in [-0.4, -0.2) is 41.1 Å². The van der Waals surface area contributed by atoms with E-state index in [4.69, 9.17) is 9.84 Å². The summed E-state index contributed by atoms with van der Waals surface area (Å²) in [6.07, 6.45) is 2.16. The Labute approximate surface area is 130 Å². The second-order valence-corrected chi connectivity index (χ2v) is 5.88. The molecule has 120 valence electrons. The number of hydrogen-bond acceptors (Lipinski definition) is 3. The van der Waals surface area contributed by atoms with Crippen LogP contribution in [0.25, 0.3) is 0 Å². The van der Waals surface area contributed by atoms with Crippen molar-refractivity contribution in [1.29, 1.82) is 0 Å². The molecule has 5 nitrogen and oxygen atoms in total. The van der Waals surface area contributed by atoms with Gasteiger partial charge in [0.25, 0.3) is 0 Å². The number of carboxylic acid groups (broad SMARTS) is 1. The Morgan fingerprint density at radius 2 is 2.09 bits per heavy atom. The van der Waals surface area contributed by atoms with Crippen LogP contribution in [0.2, 0.25) is 0 Å². The quantitative estimate of drug-likeness (QED) is 0.820. The third kappa shape index (κ3) is 4.31. The van der Waals surface area contributed by atoms with E-state index in [2.05, 4.69) is 0 Å². The molecule has 1 amide bonds. The molecule has 0 unspecified atom stereocenters. The molecule has 0 fully saturated rings. The maximum absolute atomic E-state index is 12.2. The van der Waals surface area contributed by atoms with Crippen molar-refractivity contribution in [3.05, 3.63) is 34.9 Å². The minimum absolute atomic E-state index is 0.110. The van der Waals surface area contributed by atoms with Gasteiger partial charge in [0.05, 0.1) is 11.7 Å². The molecule has 1 N–H and O–H groups in total. The molecule has 1 aromatic rings. The van der Waals surface area contributed by atoms with Crippen LogP contribution in [0.3, 0.4) is 0 Å². The van der Waals surface area contributed by atoms with E-state index in [0.29, 0.717) is 26.1 Å². The van der Waals surface area contributed by atoms with E-state index >= 15 is 0 Å². The van der Waals surface area contributed by atoms with Crippen LogP contribution in [0, 0.1) is 0 Å². The minimum atomic E-state index is -0.933. The van der Waals surface area contributed by atoms with Crippen LogP contribution in [0.4, 0.5) is 0 Å². The van der Waals surface area contributed by atoms with Gasteiger partial charge in [-0.1, -0.05) is 6.07 Å². The molecule has 1 aromatic carbocycles. The topological polar surface area (TPSA) is 66.8 Å². The first-order valence-corrected chi connectivity index (χ1v) is 7.72. The second-order valence-electron chi connectivity index (χ2n) is 5.88. The summed E-state index contributed by atoms with van der Waals surface area (Å²) in [7, 11) is 0. The predicted octanol–water partition coefficient (Wildman–Crippen LogP) is 2.47. The highest BCUT2D eigenvalue weighted by molar-refractivity contribution is 5.88. The van der Waals surface area contributed by atoms with Gasteiger partial charge >= 0.3 is 5.97 Å². The van der Waals surface area contributed by atoms with Crippen molar-refractivity contribution in [2.45, 2.75) is 45.8 Å². The molecule has 0 radical (unpaired) electrons. The second kappa shape index (κ2) is 7.40. The molecule has 22 heavy (non-hydrogen) atoms. The number of aromatic carboxylic acids is 1. The Balaban J connectivity index is 1.91. The van der Waals surface area contributed by atoms with Crippen LogP contribution in [-0.2, 0) is 22.5 Å². The van der Waals surface area contributed by atoms with E-state index in [0.717, 1.165) is 24.0 Å². The summed E-state index contributed by atoms with van der Waals surface area (Å²) in [4.78, 5) is 25.1. The zero-order valence-electron chi connectivity index (χ0n) is 13.2. The Hall–Kier alpha value is -1.88. The molecule has 0 bridgehead atoms. The molecule has 1 aliphatic rings. The number of nitrogens with zero attached hydrogens (tertiary/aromatic N) is 1. The number of hydrogen-bond donors (Lipinski definition) is 1. The minimum Gasteiger partial charge on any atom is -0.478 e. The zero-order chi connectivity index (χ0) is 16.1. The number of fused-ring (bicyclic) bond motifs is 1. The highest BCUT2D eigenvalue weighted by Gasteiger charge is 2.21. The van der Waals surface area contributed by atoms with Crippen LogP contribution in [0.5, 0.6) is 0 Å². The van der Waals surface area contributed by atoms with Crippen molar-refractivity contribution in [2.24, 2.45) is 0 Å². The fourth-order valence-electron chi connectivity index (χ4n) is 2.60. The van der Waals surface area contributed by atoms with Gasteiger partial charge in [-0.15, -0.1) is 0 Å². The summed E-state index contributed by atoms with van der Waals surface area (Å²) < 4.78 is 5.44. The molecule has 1 heterocycles. The van der Waals surface area contributed by atoms with E-state index in [1.54, 1.807) is 12.1 Å². The number of rotatable bonds is 6. The molecule has 0 saturated carbocycles. The Bertz CT molecular complexity index is 554. The van der Waals surface area contributed by atoms with E-state index < -0.39 is 5.97 Å². The lowest BCUT2D eigenvalue weighted by Crippen LogP contribution is -2.36. The average Bonchev–Trinajstić information content (AvgIpc) is 2.50. The molecule has 5 heteroatoms. The van der Waals surface area contributed by atoms with Crippen LogP contribution in [0.1, 0.15) is 48.2 Å². The third-order valence-electron chi connectivity index (χ3n) is 3.80. The highest BCUT2D eigenvalue weighted by Crippen LogP contribution is 2.21. The molecule has 0 saturated heterocycles. The van der Waals surface area contributed by atoms with Crippen molar-refractivity contribution >= 4 is 11.9 Å². The van der Waals surface area contributed by atoms with Crippen LogP contribution >= 0.6 is 0 Å². The van der Waals surface area contributed by atoms with Crippen molar-refractivity contribution < 1.29 is 19.4 Å². The fourth-order valence-corrected chi connectivity index (χ4v) is 2.60. The lowest BCUT2D eigenvalue weighted by atomic mass is 9.97. The van der Waals surface area contributed by atoms with Gasteiger partial charge in [-0.25, -0.2) is 4.79 Å². The highest BCUT2D eigenvalue weighted by atomic mass is 16.5. The molecular formula is C17H23NO4. The van der Waals surface area contributed by atoms with Gasteiger partial charge < -0.3 is 14.7 Å². The SMILES string of the molecule is CC(C)OCCCC(=O)N1CCc2ccc(C(=O)O)cc2C1. The van der Waals surface area contributed by atoms with Gasteiger partial charge in [0.1, 0.15) is 0 Å². The molecular weight excluding hydrogens is 282 g/mol. The summed E-state index contributed by atoms with van der Waals surface area (Å²) >= 11 is 0. The van der Waals surface area contributed by atoms with Crippen molar-refractivity contribution in [3.63, 3.8) is 0 Å². The van der Waals surface area contributed by atoms with Gasteiger partial charge in [-0.3, -0.25) is 4.79 Å². The number of amides is 1. The Morgan fingerprint density at radius 1 is 1.32 bits per heavy atom. The smallest absolute Gasteiger partial charge is 0.335 e. The molecule has 0 atom stereocenters. The van der Waals surface area contributed by atoms with Gasteiger partial charge in [0, 0.05) is 26.1 Å². The fraction of sp³-hybridized carbons (Fsp3) is 0.529. The number of carboxylic acids is 1.